The Morgan fingerprint density at radius 1 is 1.14 bits per heavy atom. The number of hydrogen-bond acceptors (Lipinski definition) is 1. The number of nitrogens with two attached hydrogens (primary N) is 1. The molecule has 1 nitrogen and oxygen atoms in total. The van der Waals surface area contributed by atoms with E-state index < -0.39 is 12.2 Å². The van der Waals surface area contributed by atoms with E-state index >= 15 is 0 Å². The number of aryl methyl sites for hydroxylation is 1. The largest absolute Gasteiger partial charge is 0.407 e. The molecule has 1 rings (SSSR count). The van der Waals surface area contributed by atoms with Crippen LogP contribution >= 0.6 is 12.4 Å². The van der Waals surface area contributed by atoms with Crippen molar-refractivity contribution in [3.63, 3.8) is 0 Å². The molecule has 0 aromatic heterocycles. The van der Waals surface area contributed by atoms with Gasteiger partial charge in [0.25, 0.3) is 0 Å². The molecule has 0 fully saturated rings. The Hall–Kier alpha value is -0.740. The predicted octanol–water partition coefficient (Wildman–Crippen LogP) is 2.98. The van der Waals surface area contributed by atoms with E-state index in [2.05, 4.69) is 0 Å². The molecule has 80 valence electrons. The number of halogens is 4. The van der Waals surface area contributed by atoms with Crippen molar-refractivity contribution in [3.05, 3.63) is 35.4 Å². The van der Waals surface area contributed by atoms with Gasteiger partial charge in [0.1, 0.15) is 6.04 Å². The van der Waals surface area contributed by atoms with Crippen LogP contribution in [0.4, 0.5) is 13.2 Å². The minimum absolute atomic E-state index is 0. The van der Waals surface area contributed by atoms with Crippen molar-refractivity contribution < 1.29 is 13.2 Å². The zero-order valence-electron chi connectivity index (χ0n) is 7.51. The molecule has 0 saturated heterocycles. The van der Waals surface area contributed by atoms with Crippen molar-refractivity contribution in [2.45, 2.75) is 19.1 Å². The molecule has 0 saturated carbocycles. The number of alkyl halides is 3. The number of rotatable bonds is 1. The first-order chi connectivity index (χ1) is 5.91. The topological polar surface area (TPSA) is 26.0 Å². The second-order valence-corrected chi connectivity index (χ2v) is 2.93. The predicted molar refractivity (Wildman–Crippen MR) is 51.4 cm³/mol. The van der Waals surface area contributed by atoms with Crippen molar-refractivity contribution in [3.8, 4) is 0 Å². The molecule has 1 aromatic rings. The molecule has 1 atom stereocenters. The maximum atomic E-state index is 12.1. The van der Waals surface area contributed by atoms with E-state index in [1.807, 2.05) is 6.92 Å². The molecule has 2 N–H and O–H groups in total. The van der Waals surface area contributed by atoms with Gasteiger partial charge in [-0.05, 0) is 12.5 Å². The molecule has 0 aliphatic heterocycles. The van der Waals surface area contributed by atoms with Crippen molar-refractivity contribution in [2.24, 2.45) is 5.73 Å². The molecule has 0 amide bonds. The zero-order valence-corrected chi connectivity index (χ0v) is 8.32. The third kappa shape index (κ3) is 3.20. The van der Waals surface area contributed by atoms with E-state index in [0.717, 1.165) is 5.56 Å². The first-order valence-electron chi connectivity index (χ1n) is 3.80. The van der Waals surface area contributed by atoms with E-state index in [4.69, 9.17) is 5.73 Å². The Bertz CT molecular complexity index is 281. The Morgan fingerprint density at radius 3 is 1.93 bits per heavy atom. The molecule has 1 unspecified atom stereocenters. The van der Waals surface area contributed by atoms with Crippen molar-refractivity contribution >= 4 is 12.4 Å². The number of benzene rings is 1. The highest BCUT2D eigenvalue weighted by Crippen LogP contribution is 2.30. The molecule has 0 bridgehead atoms. The van der Waals surface area contributed by atoms with Crippen LogP contribution in [0, 0.1) is 6.92 Å². The fourth-order valence-electron chi connectivity index (χ4n) is 0.963. The Kier molecular flexibility index (Phi) is 4.42. The van der Waals surface area contributed by atoms with Crippen LogP contribution in [0.25, 0.3) is 0 Å². The van der Waals surface area contributed by atoms with Crippen LogP contribution in [0.1, 0.15) is 17.2 Å². The monoisotopic (exact) mass is 225 g/mol. The molecule has 0 aliphatic rings. The second kappa shape index (κ2) is 4.66. The van der Waals surface area contributed by atoms with Gasteiger partial charge >= 0.3 is 6.18 Å². The van der Waals surface area contributed by atoms with E-state index in [1.165, 1.54) is 12.1 Å². The van der Waals surface area contributed by atoms with Gasteiger partial charge in [0.2, 0.25) is 0 Å². The molecule has 14 heavy (non-hydrogen) atoms. The summed E-state index contributed by atoms with van der Waals surface area (Å²) in [7, 11) is 0. The van der Waals surface area contributed by atoms with Crippen LogP contribution in [0.5, 0.6) is 0 Å². The minimum Gasteiger partial charge on any atom is -0.316 e. The average molecular weight is 226 g/mol. The normalized spacial score (nSPS) is 13.2. The molecular weight excluding hydrogens is 215 g/mol. The van der Waals surface area contributed by atoms with Crippen LogP contribution in [-0.4, -0.2) is 6.18 Å². The summed E-state index contributed by atoms with van der Waals surface area (Å²) in [4.78, 5) is 0. The van der Waals surface area contributed by atoms with Gasteiger partial charge in [0, 0.05) is 0 Å². The van der Waals surface area contributed by atoms with Crippen molar-refractivity contribution in [1.29, 1.82) is 0 Å². The quantitative estimate of drug-likeness (QED) is 0.781. The third-order valence-corrected chi connectivity index (χ3v) is 1.79. The van der Waals surface area contributed by atoms with Crippen LogP contribution in [0.15, 0.2) is 24.3 Å². The lowest BCUT2D eigenvalue weighted by molar-refractivity contribution is -0.149. The van der Waals surface area contributed by atoms with Crippen LogP contribution in [0.2, 0.25) is 0 Å². The maximum absolute atomic E-state index is 12.1. The number of hydrogen-bond donors (Lipinski definition) is 1. The Labute approximate surface area is 86.5 Å². The zero-order chi connectivity index (χ0) is 10.1. The smallest absolute Gasteiger partial charge is 0.316 e. The van der Waals surface area contributed by atoms with E-state index in [9.17, 15) is 13.2 Å². The summed E-state index contributed by atoms with van der Waals surface area (Å²) in [6.07, 6.45) is -4.37. The van der Waals surface area contributed by atoms with Gasteiger partial charge in [-0.25, -0.2) is 0 Å². The van der Waals surface area contributed by atoms with Crippen LogP contribution in [0.3, 0.4) is 0 Å². The highest BCUT2D eigenvalue weighted by atomic mass is 35.5. The molecular formula is C9H11ClF3N. The molecule has 0 aliphatic carbocycles. The molecule has 0 heterocycles. The summed E-state index contributed by atoms with van der Waals surface area (Å²) >= 11 is 0. The summed E-state index contributed by atoms with van der Waals surface area (Å²) in [5.41, 5.74) is 6.01. The lowest BCUT2D eigenvalue weighted by Gasteiger charge is -2.15. The summed E-state index contributed by atoms with van der Waals surface area (Å²) in [6.45, 7) is 1.81. The molecule has 0 spiro atoms. The maximum Gasteiger partial charge on any atom is 0.407 e. The van der Waals surface area contributed by atoms with Gasteiger partial charge in [0.15, 0.2) is 0 Å². The van der Waals surface area contributed by atoms with Crippen LogP contribution < -0.4 is 5.73 Å². The highest BCUT2D eigenvalue weighted by molar-refractivity contribution is 5.85. The Morgan fingerprint density at radius 2 is 1.57 bits per heavy atom. The standard InChI is InChI=1S/C9H10F3N.ClH/c1-6-2-4-7(5-3-6)8(13)9(10,11)12;/h2-5,8H,13H2,1H3;1H. The van der Waals surface area contributed by atoms with Gasteiger partial charge in [-0.2, -0.15) is 13.2 Å². The highest BCUT2D eigenvalue weighted by Gasteiger charge is 2.37. The van der Waals surface area contributed by atoms with E-state index in [1.54, 1.807) is 12.1 Å². The summed E-state index contributed by atoms with van der Waals surface area (Å²) in [5.74, 6) is 0. The van der Waals surface area contributed by atoms with Gasteiger partial charge in [-0.15, -0.1) is 12.4 Å². The second-order valence-electron chi connectivity index (χ2n) is 2.93. The van der Waals surface area contributed by atoms with Crippen molar-refractivity contribution in [1.82, 2.24) is 0 Å². The van der Waals surface area contributed by atoms with Gasteiger partial charge < -0.3 is 5.73 Å². The Balaban J connectivity index is 0.00000169. The first-order valence-corrected chi connectivity index (χ1v) is 3.80. The first kappa shape index (κ1) is 13.3. The lowest BCUT2D eigenvalue weighted by atomic mass is 10.1. The minimum atomic E-state index is -4.37. The van der Waals surface area contributed by atoms with Crippen molar-refractivity contribution in [2.75, 3.05) is 0 Å². The summed E-state index contributed by atoms with van der Waals surface area (Å²) in [5, 5.41) is 0. The SMILES string of the molecule is Cc1ccc(C(N)C(F)(F)F)cc1.Cl. The average Bonchev–Trinajstić information content (AvgIpc) is 2.03. The van der Waals surface area contributed by atoms with Gasteiger partial charge in [-0.3, -0.25) is 0 Å². The van der Waals surface area contributed by atoms with E-state index in [-0.39, 0.29) is 18.0 Å². The third-order valence-electron chi connectivity index (χ3n) is 1.79. The van der Waals surface area contributed by atoms with Gasteiger partial charge in [0.05, 0.1) is 0 Å². The van der Waals surface area contributed by atoms with Crippen LogP contribution in [-0.2, 0) is 0 Å². The summed E-state index contributed by atoms with van der Waals surface area (Å²) in [6, 6.07) is 4.14. The lowest BCUT2D eigenvalue weighted by Crippen LogP contribution is -2.28. The molecule has 5 heteroatoms. The van der Waals surface area contributed by atoms with E-state index in [0.29, 0.717) is 0 Å². The molecule has 1 aromatic carbocycles. The summed E-state index contributed by atoms with van der Waals surface area (Å²) < 4.78 is 36.3. The fourth-order valence-corrected chi connectivity index (χ4v) is 0.963. The van der Waals surface area contributed by atoms with Gasteiger partial charge in [-0.1, -0.05) is 29.8 Å². The fraction of sp³-hybridized carbons (Fsp3) is 0.333. The molecule has 0 radical (unpaired) electrons.